The molecule has 0 amide bonds. The van der Waals surface area contributed by atoms with Gasteiger partial charge in [0.25, 0.3) is 5.69 Å². The van der Waals surface area contributed by atoms with E-state index < -0.39 is 4.92 Å². The first-order valence-corrected chi connectivity index (χ1v) is 4.86. The van der Waals surface area contributed by atoms with Crippen molar-refractivity contribution in [3.63, 3.8) is 0 Å². The van der Waals surface area contributed by atoms with Gasteiger partial charge in [-0.2, -0.15) is 0 Å². The average molecular weight is 230 g/mol. The van der Waals surface area contributed by atoms with Crippen molar-refractivity contribution in [2.24, 2.45) is 5.73 Å². The molecular weight excluding hydrogens is 218 g/mol. The molecule has 1 aromatic rings. The van der Waals surface area contributed by atoms with Gasteiger partial charge in [0.15, 0.2) is 0 Å². The lowest BCUT2D eigenvalue weighted by Gasteiger charge is -2.04. The number of nitro groups is 1. The molecular formula is C9H12ClN3O2. The molecule has 0 radical (unpaired) electrons. The van der Waals surface area contributed by atoms with E-state index in [9.17, 15) is 10.1 Å². The number of halogens is 1. The molecule has 0 aromatic heterocycles. The summed E-state index contributed by atoms with van der Waals surface area (Å²) in [5, 5.41) is 14.2. The summed E-state index contributed by atoms with van der Waals surface area (Å²) in [5.74, 6) is 0. The first-order valence-electron chi connectivity index (χ1n) is 4.48. The summed E-state index contributed by atoms with van der Waals surface area (Å²) in [5.41, 5.74) is 5.94. The number of nitrogens with two attached hydrogens (primary N) is 1. The normalized spacial score (nSPS) is 10.3. The van der Waals surface area contributed by atoms with Crippen LogP contribution in [0.1, 0.15) is 5.56 Å². The molecule has 0 aliphatic heterocycles. The quantitative estimate of drug-likeness (QED) is 0.453. The van der Waals surface area contributed by atoms with Gasteiger partial charge in [-0.1, -0.05) is 11.6 Å². The highest BCUT2D eigenvalue weighted by molar-refractivity contribution is 6.30. The van der Waals surface area contributed by atoms with Crippen molar-refractivity contribution in [3.05, 3.63) is 38.9 Å². The Labute approximate surface area is 92.4 Å². The monoisotopic (exact) mass is 229 g/mol. The lowest BCUT2D eigenvalue weighted by atomic mass is 10.2. The van der Waals surface area contributed by atoms with Crippen molar-refractivity contribution in [2.45, 2.75) is 6.54 Å². The van der Waals surface area contributed by atoms with Crippen LogP contribution in [0.25, 0.3) is 0 Å². The Morgan fingerprint density at radius 3 is 2.87 bits per heavy atom. The maximum absolute atomic E-state index is 10.7. The van der Waals surface area contributed by atoms with E-state index in [1.54, 1.807) is 6.07 Å². The molecule has 0 unspecified atom stereocenters. The second kappa shape index (κ2) is 5.65. The van der Waals surface area contributed by atoms with Gasteiger partial charge in [-0.15, -0.1) is 0 Å². The van der Waals surface area contributed by atoms with Crippen LogP contribution in [-0.4, -0.2) is 18.0 Å². The van der Waals surface area contributed by atoms with Crippen LogP contribution in [0, 0.1) is 10.1 Å². The fourth-order valence-electron chi connectivity index (χ4n) is 1.20. The number of nitrogens with one attached hydrogen (secondary N) is 1. The summed E-state index contributed by atoms with van der Waals surface area (Å²) in [6.45, 7) is 1.51. The number of nitrogens with zero attached hydrogens (tertiary/aromatic N) is 1. The fourth-order valence-corrected chi connectivity index (χ4v) is 1.39. The molecule has 0 saturated heterocycles. The van der Waals surface area contributed by atoms with Crippen LogP contribution in [0.5, 0.6) is 0 Å². The van der Waals surface area contributed by atoms with E-state index in [2.05, 4.69) is 5.32 Å². The van der Waals surface area contributed by atoms with Crippen LogP contribution >= 0.6 is 11.6 Å². The van der Waals surface area contributed by atoms with Gasteiger partial charge in [0, 0.05) is 36.3 Å². The maximum atomic E-state index is 10.7. The predicted octanol–water partition coefficient (Wildman–Crippen LogP) is 1.30. The highest BCUT2D eigenvalue weighted by Crippen LogP contribution is 2.22. The van der Waals surface area contributed by atoms with Gasteiger partial charge in [-0.05, 0) is 12.1 Å². The Kier molecular flexibility index (Phi) is 4.48. The average Bonchev–Trinajstić information content (AvgIpc) is 2.18. The third-order valence-corrected chi connectivity index (χ3v) is 2.11. The number of nitro benzene ring substituents is 1. The van der Waals surface area contributed by atoms with E-state index in [0.717, 1.165) is 0 Å². The third-order valence-electron chi connectivity index (χ3n) is 1.87. The molecule has 1 rings (SSSR count). The number of rotatable bonds is 5. The van der Waals surface area contributed by atoms with Crippen LogP contribution in [0.3, 0.4) is 0 Å². The van der Waals surface area contributed by atoms with Gasteiger partial charge in [0.1, 0.15) is 0 Å². The molecule has 0 saturated carbocycles. The molecule has 3 N–H and O–H groups in total. The maximum Gasteiger partial charge on any atom is 0.273 e. The molecule has 0 aliphatic carbocycles. The Hall–Kier alpha value is -1.17. The van der Waals surface area contributed by atoms with Crippen LogP contribution in [0.4, 0.5) is 5.69 Å². The predicted molar refractivity (Wildman–Crippen MR) is 58.9 cm³/mol. The van der Waals surface area contributed by atoms with Crippen molar-refractivity contribution < 1.29 is 4.92 Å². The Morgan fingerprint density at radius 1 is 1.53 bits per heavy atom. The van der Waals surface area contributed by atoms with Gasteiger partial charge in [-0.25, -0.2) is 0 Å². The van der Waals surface area contributed by atoms with Crippen molar-refractivity contribution in [1.29, 1.82) is 0 Å². The minimum Gasteiger partial charge on any atom is -0.329 e. The molecule has 82 valence electrons. The van der Waals surface area contributed by atoms with E-state index in [0.29, 0.717) is 30.2 Å². The molecule has 0 spiro atoms. The van der Waals surface area contributed by atoms with Crippen molar-refractivity contribution in [2.75, 3.05) is 13.1 Å². The van der Waals surface area contributed by atoms with Crippen molar-refractivity contribution in [3.8, 4) is 0 Å². The molecule has 1 aromatic carbocycles. The molecule has 0 bridgehead atoms. The van der Waals surface area contributed by atoms with Crippen molar-refractivity contribution in [1.82, 2.24) is 5.32 Å². The SMILES string of the molecule is NCCNCc1cc(Cl)ccc1[N+](=O)[O-]. The van der Waals surface area contributed by atoms with Crippen LogP contribution in [0.15, 0.2) is 18.2 Å². The Bertz CT molecular complexity index is 357. The minimum absolute atomic E-state index is 0.0731. The smallest absolute Gasteiger partial charge is 0.273 e. The first-order chi connectivity index (χ1) is 7.15. The summed E-state index contributed by atoms with van der Waals surface area (Å²) in [7, 11) is 0. The van der Waals surface area contributed by atoms with Crippen molar-refractivity contribution >= 4 is 17.3 Å². The third kappa shape index (κ3) is 3.47. The van der Waals surface area contributed by atoms with Gasteiger partial charge >= 0.3 is 0 Å². The van der Waals surface area contributed by atoms with E-state index >= 15 is 0 Å². The molecule has 0 atom stereocenters. The second-order valence-electron chi connectivity index (χ2n) is 3.00. The Balaban J connectivity index is 2.82. The van der Waals surface area contributed by atoms with Crippen LogP contribution < -0.4 is 11.1 Å². The van der Waals surface area contributed by atoms with E-state index in [1.165, 1.54) is 12.1 Å². The standard InChI is InChI=1S/C9H12ClN3O2/c10-8-1-2-9(13(14)15)7(5-8)6-12-4-3-11/h1-2,5,12H,3-4,6,11H2. The summed E-state index contributed by atoms with van der Waals surface area (Å²) < 4.78 is 0. The van der Waals surface area contributed by atoms with Crippen LogP contribution in [0.2, 0.25) is 5.02 Å². The zero-order valence-corrected chi connectivity index (χ0v) is 8.83. The molecule has 0 fully saturated rings. The summed E-state index contributed by atoms with van der Waals surface area (Å²) >= 11 is 5.76. The molecule has 15 heavy (non-hydrogen) atoms. The van der Waals surface area contributed by atoms with E-state index in [1.807, 2.05) is 0 Å². The van der Waals surface area contributed by atoms with Gasteiger partial charge < -0.3 is 11.1 Å². The van der Waals surface area contributed by atoms with Gasteiger partial charge in [0.05, 0.1) is 4.92 Å². The molecule has 0 aliphatic rings. The van der Waals surface area contributed by atoms with E-state index in [4.69, 9.17) is 17.3 Å². The Morgan fingerprint density at radius 2 is 2.27 bits per heavy atom. The molecule has 0 heterocycles. The first kappa shape index (κ1) is 11.9. The number of benzene rings is 1. The zero-order chi connectivity index (χ0) is 11.3. The highest BCUT2D eigenvalue weighted by atomic mass is 35.5. The van der Waals surface area contributed by atoms with Gasteiger partial charge in [-0.3, -0.25) is 10.1 Å². The second-order valence-corrected chi connectivity index (χ2v) is 3.43. The number of hydrogen-bond acceptors (Lipinski definition) is 4. The lowest BCUT2D eigenvalue weighted by molar-refractivity contribution is -0.385. The number of hydrogen-bond donors (Lipinski definition) is 2. The highest BCUT2D eigenvalue weighted by Gasteiger charge is 2.12. The van der Waals surface area contributed by atoms with Gasteiger partial charge in [0.2, 0.25) is 0 Å². The summed E-state index contributed by atoms with van der Waals surface area (Å²) in [4.78, 5) is 10.3. The van der Waals surface area contributed by atoms with Crippen LogP contribution in [-0.2, 0) is 6.54 Å². The topological polar surface area (TPSA) is 81.2 Å². The lowest BCUT2D eigenvalue weighted by Crippen LogP contribution is -2.22. The fraction of sp³-hybridized carbons (Fsp3) is 0.333. The largest absolute Gasteiger partial charge is 0.329 e. The van der Waals surface area contributed by atoms with E-state index in [-0.39, 0.29) is 5.69 Å². The molecule has 6 heteroatoms. The summed E-state index contributed by atoms with van der Waals surface area (Å²) in [6.07, 6.45) is 0. The minimum atomic E-state index is -0.421. The molecule has 5 nitrogen and oxygen atoms in total. The summed E-state index contributed by atoms with van der Waals surface area (Å²) in [6, 6.07) is 4.50. The zero-order valence-electron chi connectivity index (χ0n) is 8.07.